The Morgan fingerprint density at radius 3 is 2.64 bits per heavy atom. The van der Waals surface area contributed by atoms with Gasteiger partial charge in [0, 0.05) is 20.8 Å². The van der Waals surface area contributed by atoms with E-state index in [1.807, 2.05) is 32.0 Å². The minimum Gasteiger partial charge on any atom is -0.332 e. The zero-order chi connectivity index (χ0) is 18.1. The molecule has 0 unspecified atom stereocenters. The molecule has 0 aliphatic rings. The van der Waals surface area contributed by atoms with Crippen molar-refractivity contribution in [2.75, 3.05) is 5.32 Å². The number of halogens is 2. The van der Waals surface area contributed by atoms with Gasteiger partial charge in [-0.3, -0.25) is 10.1 Å². The molecule has 0 saturated heterocycles. The minimum atomic E-state index is -0.342. The number of rotatable bonds is 2. The first-order valence-corrected chi connectivity index (χ1v) is 9.40. The number of amides is 1. The third-order valence-corrected chi connectivity index (χ3v) is 5.76. The fourth-order valence-electron chi connectivity index (χ4n) is 2.37. The molecule has 3 rings (SSSR count). The zero-order valence-electron chi connectivity index (χ0n) is 13.4. The molecule has 0 fully saturated rings. The smallest absolute Gasteiger partial charge is 0.269 e. The van der Waals surface area contributed by atoms with Crippen LogP contribution in [0.3, 0.4) is 0 Å². The summed E-state index contributed by atoms with van der Waals surface area (Å²) in [6.07, 6.45) is 0. The Kier molecular flexibility index (Phi) is 5.29. The van der Waals surface area contributed by atoms with E-state index >= 15 is 0 Å². The van der Waals surface area contributed by atoms with Gasteiger partial charge in [0.2, 0.25) is 0 Å². The van der Waals surface area contributed by atoms with Gasteiger partial charge in [-0.05, 0) is 55.4 Å². The first-order chi connectivity index (χ1) is 11.8. The minimum absolute atomic E-state index is 0.227. The average Bonchev–Trinajstić information content (AvgIpc) is 2.87. The van der Waals surface area contributed by atoms with Crippen LogP contribution in [-0.2, 0) is 0 Å². The Balaban J connectivity index is 1.79. The molecule has 25 heavy (non-hydrogen) atoms. The van der Waals surface area contributed by atoms with Crippen molar-refractivity contribution < 1.29 is 4.79 Å². The molecular formula is C18H14Cl2N2OS2. The van der Waals surface area contributed by atoms with E-state index in [0.29, 0.717) is 14.9 Å². The summed E-state index contributed by atoms with van der Waals surface area (Å²) in [7, 11) is 0. The second-order valence-corrected chi connectivity index (χ2v) is 7.89. The van der Waals surface area contributed by atoms with E-state index in [1.165, 1.54) is 11.3 Å². The second kappa shape index (κ2) is 7.30. The molecule has 0 atom stereocenters. The van der Waals surface area contributed by atoms with Crippen molar-refractivity contribution in [2.45, 2.75) is 13.8 Å². The van der Waals surface area contributed by atoms with Gasteiger partial charge in [0.05, 0.1) is 5.02 Å². The summed E-state index contributed by atoms with van der Waals surface area (Å²) < 4.78 is 0.857. The van der Waals surface area contributed by atoms with Crippen molar-refractivity contribution in [1.29, 1.82) is 0 Å². The fourth-order valence-corrected chi connectivity index (χ4v) is 4.26. The Bertz CT molecular complexity index is 998. The first kappa shape index (κ1) is 18.1. The molecule has 7 heteroatoms. The van der Waals surface area contributed by atoms with Crippen LogP contribution >= 0.6 is 46.8 Å². The molecule has 0 bridgehead atoms. The van der Waals surface area contributed by atoms with Gasteiger partial charge < -0.3 is 5.32 Å². The molecule has 3 nitrogen and oxygen atoms in total. The van der Waals surface area contributed by atoms with Crippen molar-refractivity contribution in [3.05, 3.63) is 62.4 Å². The summed E-state index contributed by atoms with van der Waals surface area (Å²) in [5.74, 6) is -0.342. The number of hydrogen-bond donors (Lipinski definition) is 2. The van der Waals surface area contributed by atoms with E-state index in [1.54, 1.807) is 18.2 Å². The van der Waals surface area contributed by atoms with E-state index in [-0.39, 0.29) is 11.0 Å². The molecule has 0 aliphatic carbocycles. The van der Waals surface area contributed by atoms with Gasteiger partial charge in [-0.1, -0.05) is 41.4 Å². The number of benzene rings is 2. The number of carbonyl (C=O) groups excluding carboxylic acids is 1. The van der Waals surface area contributed by atoms with Crippen LogP contribution in [-0.4, -0.2) is 11.0 Å². The van der Waals surface area contributed by atoms with Crippen LogP contribution in [0.5, 0.6) is 0 Å². The van der Waals surface area contributed by atoms with Gasteiger partial charge in [0.1, 0.15) is 4.88 Å². The molecule has 0 saturated carbocycles. The van der Waals surface area contributed by atoms with Gasteiger partial charge in [-0.2, -0.15) is 0 Å². The fraction of sp³-hybridized carbons (Fsp3) is 0.111. The molecule has 1 aromatic heterocycles. The Hall–Kier alpha value is -1.66. The molecule has 1 heterocycles. The molecular weight excluding hydrogens is 395 g/mol. The van der Waals surface area contributed by atoms with E-state index in [0.717, 1.165) is 26.9 Å². The SMILES string of the molecule is Cc1ccc(C)c(NC(=S)NC(=O)c2sc3cc(Cl)ccc3c2Cl)c1. The molecule has 128 valence electrons. The van der Waals surface area contributed by atoms with Crippen LogP contribution in [0.4, 0.5) is 5.69 Å². The summed E-state index contributed by atoms with van der Waals surface area (Å²) in [4.78, 5) is 12.9. The molecule has 2 N–H and O–H groups in total. The number of anilines is 1. The van der Waals surface area contributed by atoms with Gasteiger partial charge in [0.25, 0.3) is 5.91 Å². The van der Waals surface area contributed by atoms with Crippen molar-refractivity contribution in [3.8, 4) is 0 Å². The molecule has 2 aromatic carbocycles. The molecule has 0 radical (unpaired) electrons. The van der Waals surface area contributed by atoms with Crippen molar-refractivity contribution in [2.24, 2.45) is 0 Å². The highest BCUT2D eigenvalue weighted by Crippen LogP contribution is 2.36. The maximum absolute atomic E-state index is 12.5. The van der Waals surface area contributed by atoms with Crippen molar-refractivity contribution in [3.63, 3.8) is 0 Å². The number of hydrogen-bond acceptors (Lipinski definition) is 3. The number of aryl methyl sites for hydroxylation is 2. The summed E-state index contributed by atoms with van der Waals surface area (Å²) >= 11 is 18.9. The summed E-state index contributed by atoms with van der Waals surface area (Å²) in [6, 6.07) is 11.3. The highest BCUT2D eigenvalue weighted by molar-refractivity contribution is 7.80. The largest absolute Gasteiger partial charge is 0.332 e. The van der Waals surface area contributed by atoms with Crippen molar-refractivity contribution in [1.82, 2.24) is 5.32 Å². The second-order valence-electron chi connectivity index (χ2n) is 5.61. The molecule has 0 spiro atoms. The lowest BCUT2D eigenvalue weighted by Crippen LogP contribution is -2.34. The lowest BCUT2D eigenvalue weighted by atomic mass is 10.1. The number of carbonyl (C=O) groups is 1. The van der Waals surface area contributed by atoms with E-state index in [2.05, 4.69) is 10.6 Å². The Morgan fingerprint density at radius 1 is 1.12 bits per heavy atom. The van der Waals surface area contributed by atoms with Gasteiger partial charge in [0.15, 0.2) is 5.11 Å². The van der Waals surface area contributed by atoms with E-state index in [9.17, 15) is 4.79 Å². The lowest BCUT2D eigenvalue weighted by molar-refractivity contribution is 0.0982. The van der Waals surface area contributed by atoms with Crippen LogP contribution in [0, 0.1) is 13.8 Å². The lowest BCUT2D eigenvalue weighted by Gasteiger charge is -2.12. The summed E-state index contributed by atoms with van der Waals surface area (Å²) in [6.45, 7) is 3.97. The summed E-state index contributed by atoms with van der Waals surface area (Å²) in [5, 5.41) is 7.77. The Labute approximate surface area is 164 Å². The van der Waals surface area contributed by atoms with Crippen LogP contribution in [0.1, 0.15) is 20.8 Å². The molecule has 0 aliphatic heterocycles. The predicted molar refractivity (Wildman–Crippen MR) is 111 cm³/mol. The third kappa shape index (κ3) is 3.96. The monoisotopic (exact) mass is 408 g/mol. The molecule has 1 amide bonds. The highest BCUT2D eigenvalue weighted by Gasteiger charge is 2.18. The standard InChI is InChI=1S/C18H14Cl2N2OS2/c1-9-3-4-10(2)13(7-9)21-18(24)22-17(23)16-15(20)12-6-5-11(19)8-14(12)25-16/h3-8H,1-2H3,(H2,21,22,23,24). The highest BCUT2D eigenvalue weighted by atomic mass is 35.5. The third-order valence-electron chi connectivity index (χ3n) is 3.67. The molecule has 3 aromatic rings. The maximum Gasteiger partial charge on any atom is 0.269 e. The van der Waals surface area contributed by atoms with Crippen LogP contribution in [0.25, 0.3) is 10.1 Å². The quantitative estimate of drug-likeness (QED) is 0.514. The van der Waals surface area contributed by atoms with Gasteiger partial charge in [-0.25, -0.2) is 0 Å². The van der Waals surface area contributed by atoms with Crippen LogP contribution in [0.2, 0.25) is 10.0 Å². The van der Waals surface area contributed by atoms with E-state index in [4.69, 9.17) is 35.4 Å². The normalized spacial score (nSPS) is 10.7. The number of nitrogens with one attached hydrogen (secondary N) is 2. The topological polar surface area (TPSA) is 41.1 Å². The summed E-state index contributed by atoms with van der Waals surface area (Å²) in [5.41, 5.74) is 3.00. The zero-order valence-corrected chi connectivity index (χ0v) is 16.6. The van der Waals surface area contributed by atoms with Gasteiger partial charge in [-0.15, -0.1) is 11.3 Å². The predicted octanol–water partition coefficient (Wildman–Crippen LogP) is 5.95. The van der Waals surface area contributed by atoms with E-state index < -0.39 is 0 Å². The number of thiophene rings is 1. The number of thiocarbonyl (C=S) groups is 1. The first-order valence-electron chi connectivity index (χ1n) is 7.42. The Morgan fingerprint density at radius 2 is 1.88 bits per heavy atom. The van der Waals surface area contributed by atoms with Crippen molar-refractivity contribution >= 4 is 73.5 Å². The number of fused-ring (bicyclic) bond motifs is 1. The van der Waals surface area contributed by atoms with Crippen LogP contribution < -0.4 is 10.6 Å². The van der Waals surface area contributed by atoms with Gasteiger partial charge >= 0.3 is 0 Å². The maximum atomic E-state index is 12.5. The average molecular weight is 409 g/mol. The van der Waals surface area contributed by atoms with Crippen LogP contribution in [0.15, 0.2) is 36.4 Å².